The molecule has 6 nitrogen and oxygen atoms in total. The van der Waals surface area contributed by atoms with Crippen molar-refractivity contribution in [2.24, 2.45) is 0 Å². The minimum atomic E-state index is -0.499. The number of aryl methyl sites for hydroxylation is 1. The monoisotopic (exact) mass is 441 g/mol. The molecule has 0 bridgehead atoms. The Bertz CT molecular complexity index is 975. The molecule has 0 saturated carbocycles. The molecule has 2 aliphatic rings. The molecular formula is C21H20BrN3O3. The number of rotatable bonds is 3. The number of carbonyl (C=O) groups excluding carboxylic acids is 3. The normalized spacial score (nSPS) is 18.6. The van der Waals surface area contributed by atoms with Gasteiger partial charge in [-0.05, 0) is 49.6 Å². The Balaban J connectivity index is 1.62. The molecule has 1 atom stereocenters. The third-order valence-corrected chi connectivity index (χ3v) is 6.10. The summed E-state index contributed by atoms with van der Waals surface area (Å²) in [7, 11) is 0. The lowest BCUT2D eigenvalue weighted by Crippen LogP contribution is -2.47. The summed E-state index contributed by atoms with van der Waals surface area (Å²) in [5, 5.41) is 2.84. The smallest absolute Gasteiger partial charge is 0.256 e. The van der Waals surface area contributed by atoms with Crippen LogP contribution >= 0.6 is 15.9 Å². The van der Waals surface area contributed by atoms with Gasteiger partial charge in [0.1, 0.15) is 12.6 Å². The molecule has 0 spiro atoms. The molecule has 1 N–H and O–H groups in total. The van der Waals surface area contributed by atoms with Crippen molar-refractivity contribution in [2.45, 2.75) is 25.8 Å². The van der Waals surface area contributed by atoms with E-state index in [0.29, 0.717) is 29.9 Å². The van der Waals surface area contributed by atoms with Crippen LogP contribution < -0.4 is 10.2 Å². The van der Waals surface area contributed by atoms with Crippen LogP contribution in [0.3, 0.4) is 0 Å². The lowest BCUT2D eigenvalue weighted by molar-refractivity contribution is -0.124. The fraction of sp³-hybridized carbons (Fsp3) is 0.286. The molecule has 1 fully saturated rings. The Morgan fingerprint density at radius 2 is 2.00 bits per heavy atom. The maximum Gasteiger partial charge on any atom is 0.256 e. The van der Waals surface area contributed by atoms with Crippen molar-refractivity contribution < 1.29 is 14.4 Å². The van der Waals surface area contributed by atoms with Crippen molar-refractivity contribution in [3.8, 4) is 0 Å². The second-order valence-corrected chi connectivity index (χ2v) is 7.96. The molecule has 4 rings (SSSR count). The van der Waals surface area contributed by atoms with Crippen molar-refractivity contribution >= 4 is 45.0 Å². The van der Waals surface area contributed by atoms with Gasteiger partial charge in [0.05, 0.1) is 11.3 Å². The van der Waals surface area contributed by atoms with Crippen LogP contribution in [0.15, 0.2) is 46.9 Å². The molecule has 2 aromatic carbocycles. The summed E-state index contributed by atoms with van der Waals surface area (Å²) in [6.07, 6.45) is 1.42. The van der Waals surface area contributed by atoms with Gasteiger partial charge in [-0.3, -0.25) is 14.4 Å². The number of carbonyl (C=O) groups is 3. The Morgan fingerprint density at radius 1 is 1.21 bits per heavy atom. The minimum absolute atomic E-state index is 0.140. The van der Waals surface area contributed by atoms with E-state index in [4.69, 9.17) is 0 Å². The molecule has 0 radical (unpaired) electrons. The minimum Gasteiger partial charge on any atom is -0.327 e. The number of halogens is 1. The lowest BCUT2D eigenvalue weighted by atomic mass is 10.1. The van der Waals surface area contributed by atoms with Crippen molar-refractivity contribution in [3.05, 3.63) is 58.1 Å². The molecule has 0 aromatic heterocycles. The summed E-state index contributed by atoms with van der Waals surface area (Å²) in [5.74, 6) is -0.648. The van der Waals surface area contributed by atoms with E-state index in [2.05, 4.69) is 21.2 Å². The van der Waals surface area contributed by atoms with Gasteiger partial charge in [-0.1, -0.05) is 34.1 Å². The van der Waals surface area contributed by atoms with Gasteiger partial charge in [0.25, 0.3) is 5.91 Å². The summed E-state index contributed by atoms with van der Waals surface area (Å²) < 4.78 is 0.897. The van der Waals surface area contributed by atoms with E-state index in [1.165, 1.54) is 4.90 Å². The van der Waals surface area contributed by atoms with Crippen LogP contribution in [0, 0.1) is 6.92 Å². The van der Waals surface area contributed by atoms with Crippen molar-refractivity contribution in [2.75, 3.05) is 23.3 Å². The van der Waals surface area contributed by atoms with Crippen LogP contribution in [-0.4, -0.2) is 41.8 Å². The molecule has 0 unspecified atom stereocenters. The van der Waals surface area contributed by atoms with E-state index < -0.39 is 6.04 Å². The van der Waals surface area contributed by atoms with Gasteiger partial charge < -0.3 is 15.1 Å². The molecule has 144 valence electrons. The van der Waals surface area contributed by atoms with Gasteiger partial charge >= 0.3 is 0 Å². The van der Waals surface area contributed by atoms with E-state index in [9.17, 15) is 14.4 Å². The molecule has 2 heterocycles. The first-order valence-corrected chi connectivity index (χ1v) is 10.0. The Kier molecular flexibility index (Phi) is 4.93. The van der Waals surface area contributed by atoms with E-state index in [-0.39, 0.29) is 24.3 Å². The topological polar surface area (TPSA) is 69.7 Å². The van der Waals surface area contributed by atoms with E-state index in [0.717, 1.165) is 16.5 Å². The third kappa shape index (κ3) is 3.30. The average molecular weight is 442 g/mol. The van der Waals surface area contributed by atoms with Crippen LogP contribution in [0.2, 0.25) is 0 Å². The second kappa shape index (κ2) is 7.39. The zero-order valence-corrected chi connectivity index (χ0v) is 17.0. The first kappa shape index (κ1) is 18.7. The van der Waals surface area contributed by atoms with E-state index >= 15 is 0 Å². The molecule has 3 amide bonds. The number of amides is 3. The summed E-state index contributed by atoms with van der Waals surface area (Å²) in [4.78, 5) is 41.8. The number of anilines is 2. The summed E-state index contributed by atoms with van der Waals surface area (Å²) in [5.41, 5.74) is 2.67. The lowest BCUT2D eigenvalue weighted by Gasteiger charge is -2.25. The predicted octanol–water partition coefficient (Wildman–Crippen LogP) is 3.35. The van der Waals surface area contributed by atoms with Crippen LogP contribution in [0.5, 0.6) is 0 Å². The highest BCUT2D eigenvalue weighted by atomic mass is 79.9. The summed E-state index contributed by atoms with van der Waals surface area (Å²) in [6.45, 7) is 2.40. The van der Waals surface area contributed by atoms with Gasteiger partial charge in [-0.2, -0.15) is 0 Å². The molecule has 28 heavy (non-hydrogen) atoms. The number of nitrogens with zero attached hydrogens (tertiary/aromatic N) is 2. The average Bonchev–Trinajstić information content (AvgIpc) is 3.15. The standard InChI is InChI=1S/C21H20BrN3O3/c1-13-8-9-14(11-16(13)22)23-19(26)12-25-17-6-3-2-5-15(17)20(27)24-10-4-7-18(24)21(25)28/h2-3,5-6,8-9,11,18H,4,7,10,12H2,1H3,(H,23,26)/t18-/m0/s1. The quantitative estimate of drug-likeness (QED) is 0.793. The predicted molar refractivity (Wildman–Crippen MR) is 110 cm³/mol. The highest BCUT2D eigenvalue weighted by Gasteiger charge is 2.42. The van der Waals surface area contributed by atoms with Crippen LogP contribution in [0.4, 0.5) is 11.4 Å². The van der Waals surface area contributed by atoms with E-state index in [1.54, 1.807) is 29.2 Å². The highest BCUT2D eigenvalue weighted by Crippen LogP contribution is 2.32. The maximum absolute atomic E-state index is 13.2. The Labute approximate surface area is 171 Å². The summed E-state index contributed by atoms with van der Waals surface area (Å²) >= 11 is 3.45. The van der Waals surface area contributed by atoms with Crippen LogP contribution in [0.25, 0.3) is 0 Å². The molecule has 0 aliphatic carbocycles. The SMILES string of the molecule is Cc1ccc(NC(=O)CN2C(=O)[C@@H]3CCCN3C(=O)c3ccccc32)cc1Br. The third-order valence-electron chi connectivity index (χ3n) is 5.25. The number of hydrogen-bond donors (Lipinski definition) is 1. The zero-order valence-electron chi connectivity index (χ0n) is 15.4. The van der Waals surface area contributed by atoms with E-state index in [1.807, 2.05) is 25.1 Å². The summed E-state index contributed by atoms with van der Waals surface area (Å²) in [6, 6.07) is 12.0. The zero-order chi connectivity index (χ0) is 19.8. The second-order valence-electron chi connectivity index (χ2n) is 7.11. The molecule has 1 saturated heterocycles. The first-order chi connectivity index (χ1) is 13.5. The highest BCUT2D eigenvalue weighted by molar-refractivity contribution is 9.10. The van der Waals surface area contributed by atoms with Crippen LogP contribution in [0.1, 0.15) is 28.8 Å². The largest absolute Gasteiger partial charge is 0.327 e. The molecule has 7 heteroatoms. The fourth-order valence-corrected chi connectivity index (χ4v) is 4.17. The number of hydrogen-bond acceptors (Lipinski definition) is 3. The van der Waals surface area contributed by atoms with Gasteiger partial charge in [0.2, 0.25) is 11.8 Å². The number of fused-ring (bicyclic) bond motifs is 2. The fourth-order valence-electron chi connectivity index (χ4n) is 3.79. The maximum atomic E-state index is 13.2. The molecular weight excluding hydrogens is 422 g/mol. The van der Waals surface area contributed by atoms with Gasteiger partial charge in [-0.25, -0.2) is 0 Å². The number of benzene rings is 2. The van der Waals surface area contributed by atoms with Crippen LogP contribution in [-0.2, 0) is 9.59 Å². The van der Waals surface area contributed by atoms with Gasteiger partial charge in [0, 0.05) is 16.7 Å². The number of para-hydroxylation sites is 1. The molecule has 2 aliphatic heterocycles. The van der Waals surface area contributed by atoms with Crippen molar-refractivity contribution in [3.63, 3.8) is 0 Å². The van der Waals surface area contributed by atoms with Gasteiger partial charge in [0.15, 0.2) is 0 Å². The Hall–Kier alpha value is -2.67. The van der Waals surface area contributed by atoms with Gasteiger partial charge in [-0.15, -0.1) is 0 Å². The first-order valence-electron chi connectivity index (χ1n) is 9.23. The number of nitrogens with one attached hydrogen (secondary N) is 1. The molecule has 2 aromatic rings. The van der Waals surface area contributed by atoms with Crippen molar-refractivity contribution in [1.82, 2.24) is 4.90 Å². The Morgan fingerprint density at radius 3 is 2.79 bits per heavy atom. The van der Waals surface area contributed by atoms with Crippen molar-refractivity contribution in [1.29, 1.82) is 0 Å².